The van der Waals surface area contributed by atoms with Crippen molar-refractivity contribution >= 4 is 0 Å². The Kier molecular flexibility index (Phi) is 4.95. The molecule has 110 valence electrons. The van der Waals surface area contributed by atoms with Gasteiger partial charge in [0.05, 0.1) is 19.3 Å². The molecule has 19 heavy (non-hydrogen) atoms. The highest BCUT2D eigenvalue weighted by Crippen LogP contribution is 2.35. The quantitative estimate of drug-likeness (QED) is 0.602. The van der Waals surface area contributed by atoms with Gasteiger partial charge < -0.3 is 9.64 Å². The molecule has 1 heterocycles. The summed E-state index contributed by atoms with van der Waals surface area (Å²) < 4.78 is 7.39. The average molecular weight is 269 g/mol. The largest absolute Gasteiger partial charge is 0.493 e. The van der Waals surface area contributed by atoms with E-state index in [1.54, 1.807) is 13.3 Å². The molecule has 1 aromatic heterocycles. The zero-order chi connectivity index (χ0) is 14.8. The molecule has 0 aliphatic rings. The SMILES string of the molecule is COc1cnn(C(C)C)c1C(NN)C(C)(C)N(C)C. The van der Waals surface area contributed by atoms with E-state index in [4.69, 9.17) is 10.6 Å². The molecule has 0 amide bonds. The Hall–Kier alpha value is -1.11. The number of rotatable bonds is 6. The van der Waals surface area contributed by atoms with Crippen LogP contribution in [0.5, 0.6) is 5.75 Å². The Bertz CT molecular complexity index is 411. The summed E-state index contributed by atoms with van der Waals surface area (Å²) in [6.07, 6.45) is 1.74. The van der Waals surface area contributed by atoms with Crippen LogP contribution in [-0.4, -0.2) is 41.4 Å². The topological polar surface area (TPSA) is 68.3 Å². The van der Waals surface area contributed by atoms with Crippen molar-refractivity contribution in [3.63, 3.8) is 0 Å². The molecular formula is C13H27N5O. The first-order chi connectivity index (χ1) is 8.77. The minimum atomic E-state index is -0.186. The minimum absolute atomic E-state index is 0.0950. The summed E-state index contributed by atoms with van der Waals surface area (Å²) in [4.78, 5) is 2.13. The highest BCUT2D eigenvalue weighted by molar-refractivity contribution is 5.31. The van der Waals surface area contributed by atoms with E-state index in [0.717, 1.165) is 11.4 Å². The first kappa shape index (κ1) is 15.9. The van der Waals surface area contributed by atoms with Crippen LogP contribution in [0.4, 0.5) is 0 Å². The second-order valence-corrected chi connectivity index (χ2v) is 5.78. The molecule has 1 rings (SSSR count). The summed E-state index contributed by atoms with van der Waals surface area (Å²) in [6.45, 7) is 8.45. The fraction of sp³-hybridized carbons (Fsp3) is 0.769. The van der Waals surface area contributed by atoms with Crippen molar-refractivity contribution in [1.29, 1.82) is 0 Å². The molecule has 0 aliphatic carbocycles. The summed E-state index contributed by atoms with van der Waals surface area (Å²) in [5.74, 6) is 6.56. The van der Waals surface area contributed by atoms with Crippen molar-refractivity contribution < 1.29 is 4.74 Å². The van der Waals surface area contributed by atoms with Crippen molar-refractivity contribution in [3.05, 3.63) is 11.9 Å². The average Bonchev–Trinajstić information content (AvgIpc) is 2.73. The number of likely N-dealkylation sites (N-methyl/N-ethyl adjacent to an activating group) is 1. The van der Waals surface area contributed by atoms with E-state index in [1.807, 2.05) is 18.8 Å². The van der Waals surface area contributed by atoms with Crippen LogP contribution in [0.25, 0.3) is 0 Å². The van der Waals surface area contributed by atoms with E-state index < -0.39 is 0 Å². The Balaban J connectivity index is 3.35. The molecule has 6 heteroatoms. The normalized spacial score (nSPS) is 14.2. The van der Waals surface area contributed by atoms with E-state index >= 15 is 0 Å². The summed E-state index contributed by atoms with van der Waals surface area (Å²) >= 11 is 0. The maximum absolute atomic E-state index is 5.81. The molecule has 0 bridgehead atoms. The number of ether oxygens (including phenoxy) is 1. The van der Waals surface area contributed by atoms with Crippen LogP contribution in [0.15, 0.2) is 6.20 Å². The van der Waals surface area contributed by atoms with E-state index in [0.29, 0.717) is 0 Å². The Labute approximate surface area is 115 Å². The van der Waals surface area contributed by atoms with Crippen molar-refractivity contribution in [2.24, 2.45) is 5.84 Å². The van der Waals surface area contributed by atoms with Crippen LogP contribution in [0.1, 0.15) is 45.5 Å². The van der Waals surface area contributed by atoms with Crippen LogP contribution in [0.2, 0.25) is 0 Å². The molecule has 1 unspecified atom stereocenters. The third-order valence-electron chi connectivity index (χ3n) is 3.81. The zero-order valence-electron chi connectivity index (χ0n) is 13.1. The predicted octanol–water partition coefficient (Wildman–Crippen LogP) is 1.32. The molecule has 0 fully saturated rings. The van der Waals surface area contributed by atoms with Gasteiger partial charge in [0.2, 0.25) is 0 Å². The highest BCUT2D eigenvalue weighted by atomic mass is 16.5. The maximum atomic E-state index is 5.81. The number of hydrogen-bond acceptors (Lipinski definition) is 5. The smallest absolute Gasteiger partial charge is 0.161 e. The summed E-state index contributed by atoms with van der Waals surface area (Å²) in [5, 5.41) is 4.41. The van der Waals surface area contributed by atoms with Crippen molar-refractivity contribution in [1.82, 2.24) is 20.1 Å². The Morgan fingerprint density at radius 3 is 2.37 bits per heavy atom. The third-order valence-corrected chi connectivity index (χ3v) is 3.81. The summed E-state index contributed by atoms with van der Waals surface area (Å²) in [6, 6.07) is 0.148. The van der Waals surface area contributed by atoms with Gasteiger partial charge in [0, 0.05) is 11.6 Å². The molecular weight excluding hydrogens is 242 g/mol. The zero-order valence-corrected chi connectivity index (χ0v) is 13.1. The number of nitrogens with one attached hydrogen (secondary N) is 1. The first-order valence-corrected chi connectivity index (χ1v) is 6.52. The lowest BCUT2D eigenvalue weighted by Crippen LogP contribution is -2.52. The van der Waals surface area contributed by atoms with Gasteiger partial charge in [0.15, 0.2) is 5.75 Å². The third kappa shape index (κ3) is 2.91. The second kappa shape index (κ2) is 5.90. The van der Waals surface area contributed by atoms with Gasteiger partial charge in [0.1, 0.15) is 5.69 Å². The standard InChI is InChI=1S/C13H27N5O/c1-9(2)18-11(10(19-7)8-15-18)12(16-14)13(3,4)17(5)6/h8-9,12,16H,14H2,1-7H3. The molecule has 0 radical (unpaired) electrons. The lowest BCUT2D eigenvalue weighted by atomic mass is 9.90. The number of aromatic nitrogens is 2. The number of nitrogens with two attached hydrogens (primary N) is 1. The molecule has 0 aromatic carbocycles. The van der Waals surface area contributed by atoms with Gasteiger partial charge in [-0.05, 0) is 41.8 Å². The van der Waals surface area contributed by atoms with Crippen molar-refractivity contribution in [3.8, 4) is 5.75 Å². The van der Waals surface area contributed by atoms with Crippen molar-refractivity contribution in [2.45, 2.75) is 45.3 Å². The fourth-order valence-corrected chi connectivity index (χ4v) is 2.07. The van der Waals surface area contributed by atoms with E-state index in [9.17, 15) is 0 Å². The molecule has 1 atom stereocenters. The number of hydrogen-bond donors (Lipinski definition) is 2. The maximum Gasteiger partial charge on any atom is 0.161 e. The van der Waals surface area contributed by atoms with Crippen LogP contribution < -0.4 is 16.0 Å². The van der Waals surface area contributed by atoms with Gasteiger partial charge in [-0.25, -0.2) is 5.43 Å². The molecule has 0 saturated carbocycles. The van der Waals surface area contributed by atoms with Crippen LogP contribution in [0, 0.1) is 0 Å². The monoisotopic (exact) mass is 269 g/mol. The van der Waals surface area contributed by atoms with Crippen molar-refractivity contribution in [2.75, 3.05) is 21.2 Å². The van der Waals surface area contributed by atoms with E-state index in [1.165, 1.54) is 0 Å². The summed E-state index contributed by atoms with van der Waals surface area (Å²) in [7, 11) is 5.72. The predicted molar refractivity (Wildman–Crippen MR) is 77.0 cm³/mol. The Morgan fingerprint density at radius 2 is 2.00 bits per heavy atom. The van der Waals surface area contributed by atoms with Gasteiger partial charge in [-0.3, -0.25) is 10.5 Å². The highest BCUT2D eigenvalue weighted by Gasteiger charge is 2.37. The Morgan fingerprint density at radius 1 is 1.42 bits per heavy atom. The van der Waals surface area contributed by atoms with Crippen LogP contribution in [-0.2, 0) is 0 Å². The first-order valence-electron chi connectivity index (χ1n) is 6.52. The lowest BCUT2D eigenvalue weighted by molar-refractivity contribution is 0.130. The molecule has 1 aromatic rings. The summed E-state index contributed by atoms with van der Waals surface area (Å²) in [5.41, 5.74) is 3.70. The minimum Gasteiger partial charge on any atom is -0.493 e. The van der Waals surface area contributed by atoms with E-state index in [2.05, 4.69) is 43.1 Å². The van der Waals surface area contributed by atoms with E-state index in [-0.39, 0.29) is 17.6 Å². The molecule has 0 saturated heterocycles. The lowest BCUT2D eigenvalue weighted by Gasteiger charge is -2.40. The van der Waals surface area contributed by atoms with Gasteiger partial charge in [-0.1, -0.05) is 0 Å². The molecule has 6 nitrogen and oxygen atoms in total. The van der Waals surface area contributed by atoms with Gasteiger partial charge in [0.25, 0.3) is 0 Å². The number of nitrogens with zero attached hydrogens (tertiary/aromatic N) is 3. The van der Waals surface area contributed by atoms with Gasteiger partial charge >= 0.3 is 0 Å². The van der Waals surface area contributed by atoms with Crippen LogP contribution >= 0.6 is 0 Å². The van der Waals surface area contributed by atoms with Gasteiger partial charge in [-0.2, -0.15) is 5.10 Å². The molecule has 0 aliphatic heterocycles. The fourth-order valence-electron chi connectivity index (χ4n) is 2.07. The van der Waals surface area contributed by atoms with Crippen LogP contribution in [0.3, 0.4) is 0 Å². The van der Waals surface area contributed by atoms with Gasteiger partial charge in [-0.15, -0.1) is 0 Å². The number of hydrazine groups is 1. The second-order valence-electron chi connectivity index (χ2n) is 5.78. The molecule has 3 N–H and O–H groups in total. The number of methoxy groups -OCH3 is 1. The molecule has 0 spiro atoms.